The number of hydrogen-bond donors (Lipinski definition) is 2. The van der Waals surface area contributed by atoms with E-state index in [1.54, 1.807) is 0 Å². The summed E-state index contributed by atoms with van der Waals surface area (Å²) < 4.78 is 0. The Balaban J connectivity index is 2.05. The number of hydrogen-bond acceptors (Lipinski definition) is 3. The molecule has 2 amide bonds. The SMILES string of the molecule is NCCC(=O)NC(Cc1ccccc1)C(=O)N1CCCC1. The molecule has 1 aromatic carbocycles. The Kier molecular flexibility index (Phi) is 5.75. The molecule has 0 aromatic heterocycles. The molecule has 1 atom stereocenters. The Bertz CT molecular complexity index is 470. The first-order valence-electron chi connectivity index (χ1n) is 7.53. The molecule has 1 unspecified atom stereocenters. The van der Waals surface area contributed by atoms with Crippen LogP contribution in [0.15, 0.2) is 30.3 Å². The third-order valence-electron chi connectivity index (χ3n) is 3.71. The van der Waals surface area contributed by atoms with Crippen LogP contribution in [0.25, 0.3) is 0 Å². The summed E-state index contributed by atoms with van der Waals surface area (Å²) >= 11 is 0. The smallest absolute Gasteiger partial charge is 0.245 e. The first kappa shape index (κ1) is 15.5. The van der Waals surface area contributed by atoms with Gasteiger partial charge < -0.3 is 16.0 Å². The van der Waals surface area contributed by atoms with E-state index in [1.807, 2.05) is 35.2 Å². The third-order valence-corrected chi connectivity index (χ3v) is 3.71. The van der Waals surface area contributed by atoms with E-state index < -0.39 is 6.04 Å². The predicted molar refractivity (Wildman–Crippen MR) is 81.6 cm³/mol. The lowest BCUT2D eigenvalue weighted by molar-refractivity contribution is -0.135. The maximum Gasteiger partial charge on any atom is 0.245 e. The van der Waals surface area contributed by atoms with E-state index in [1.165, 1.54) is 0 Å². The van der Waals surface area contributed by atoms with Gasteiger partial charge in [-0.3, -0.25) is 9.59 Å². The number of carbonyl (C=O) groups is 2. The van der Waals surface area contributed by atoms with Crippen LogP contribution in [-0.2, 0) is 16.0 Å². The minimum Gasteiger partial charge on any atom is -0.344 e. The van der Waals surface area contributed by atoms with Gasteiger partial charge in [-0.2, -0.15) is 0 Å². The zero-order chi connectivity index (χ0) is 15.1. The van der Waals surface area contributed by atoms with Gasteiger partial charge in [0, 0.05) is 32.5 Å². The maximum absolute atomic E-state index is 12.6. The van der Waals surface area contributed by atoms with Crippen LogP contribution in [0.4, 0.5) is 0 Å². The first-order chi connectivity index (χ1) is 10.2. The molecule has 0 aliphatic carbocycles. The lowest BCUT2D eigenvalue weighted by Crippen LogP contribution is -2.49. The monoisotopic (exact) mass is 289 g/mol. The molecule has 21 heavy (non-hydrogen) atoms. The number of rotatable bonds is 6. The Morgan fingerprint density at radius 2 is 1.86 bits per heavy atom. The van der Waals surface area contributed by atoms with Crippen molar-refractivity contribution in [3.8, 4) is 0 Å². The van der Waals surface area contributed by atoms with Gasteiger partial charge in [-0.1, -0.05) is 30.3 Å². The molecular weight excluding hydrogens is 266 g/mol. The van der Waals surface area contributed by atoms with Gasteiger partial charge in [-0.25, -0.2) is 0 Å². The van der Waals surface area contributed by atoms with E-state index in [2.05, 4.69) is 5.32 Å². The van der Waals surface area contributed by atoms with E-state index in [9.17, 15) is 9.59 Å². The minimum atomic E-state index is -0.496. The van der Waals surface area contributed by atoms with Gasteiger partial charge in [-0.05, 0) is 18.4 Å². The summed E-state index contributed by atoms with van der Waals surface area (Å²) in [6.45, 7) is 1.87. The molecule has 1 saturated heterocycles. The van der Waals surface area contributed by atoms with Crippen molar-refractivity contribution < 1.29 is 9.59 Å². The molecule has 114 valence electrons. The summed E-state index contributed by atoms with van der Waals surface area (Å²) in [5, 5.41) is 2.83. The van der Waals surface area contributed by atoms with Gasteiger partial charge in [0.15, 0.2) is 0 Å². The predicted octanol–water partition coefficient (Wildman–Crippen LogP) is 0.685. The summed E-state index contributed by atoms with van der Waals surface area (Å²) in [4.78, 5) is 26.2. The van der Waals surface area contributed by atoms with Crippen LogP contribution in [0.5, 0.6) is 0 Å². The van der Waals surface area contributed by atoms with Crippen molar-refractivity contribution in [2.24, 2.45) is 5.73 Å². The van der Waals surface area contributed by atoms with Crippen molar-refractivity contribution in [1.29, 1.82) is 0 Å². The molecule has 1 fully saturated rings. The highest BCUT2D eigenvalue weighted by Crippen LogP contribution is 2.12. The number of amides is 2. The second-order valence-electron chi connectivity index (χ2n) is 5.38. The largest absolute Gasteiger partial charge is 0.344 e. The zero-order valence-corrected chi connectivity index (χ0v) is 12.3. The lowest BCUT2D eigenvalue weighted by atomic mass is 10.0. The number of nitrogens with zero attached hydrogens (tertiary/aromatic N) is 1. The maximum atomic E-state index is 12.6. The molecule has 2 rings (SSSR count). The van der Waals surface area contributed by atoms with Crippen LogP contribution in [0, 0.1) is 0 Å². The molecule has 1 aromatic rings. The quantitative estimate of drug-likeness (QED) is 0.809. The molecule has 0 radical (unpaired) electrons. The minimum absolute atomic E-state index is 0.0155. The van der Waals surface area contributed by atoms with E-state index in [-0.39, 0.29) is 18.2 Å². The fraction of sp³-hybridized carbons (Fsp3) is 0.500. The van der Waals surface area contributed by atoms with Crippen LogP contribution < -0.4 is 11.1 Å². The van der Waals surface area contributed by atoms with Gasteiger partial charge in [0.1, 0.15) is 6.04 Å². The second-order valence-corrected chi connectivity index (χ2v) is 5.38. The van der Waals surface area contributed by atoms with Gasteiger partial charge >= 0.3 is 0 Å². The molecule has 0 bridgehead atoms. The van der Waals surface area contributed by atoms with E-state index in [0.717, 1.165) is 31.5 Å². The molecular formula is C16H23N3O2. The highest BCUT2D eigenvalue weighted by Gasteiger charge is 2.27. The van der Waals surface area contributed by atoms with Gasteiger partial charge in [-0.15, -0.1) is 0 Å². The van der Waals surface area contributed by atoms with Crippen LogP contribution in [0.3, 0.4) is 0 Å². The van der Waals surface area contributed by atoms with Crippen molar-refractivity contribution in [3.63, 3.8) is 0 Å². The van der Waals surface area contributed by atoms with Gasteiger partial charge in [0.25, 0.3) is 0 Å². The average molecular weight is 289 g/mol. The summed E-state index contributed by atoms with van der Waals surface area (Å²) in [7, 11) is 0. The molecule has 5 nitrogen and oxygen atoms in total. The van der Waals surface area contributed by atoms with Crippen LogP contribution in [0.2, 0.25) is 0 Å². The lowest BCUT2D eigenvalue weighted by Gasteiger charge is -2.24. The van der Waals surface area contributed by atoms with Gasteiger partial charge in [0.05, 0.1) is 0 Å². The van der Waals surface area contributed by atoms with Gasteiger partial charge in [0.2, 0.25) is 11.8 Å². The van der Waals surface area contributed by atoms with Crippen molar-refractivity contribution in [3.05, 3.63) is 35.9 Å². The number of carbonyl (C=O) groups excluding carboxylic acids is 2. The molecule has 1 heterocycles. The summed E-state index contributed by atoms with van der Waals surface area (Å²) in [5.74, 6) is -0.146. The second kappa shape index (κ2) is 7.78. The Morgan fingerprint density at radius 1 is 1.19 bits per heavy atom. The van der Waals surface area contributed by atoms with E-state index in [4.69, 9.17) is 5.73 Å². The molecule has 0 saturated carbocycles. The third kappa shape index (κ3) is 4.56. The van der Waals surface area contributed by atoms with E-state index >= 15 is 0 Å². The normalized spacial score (nSPS) is 15.8. The first-order valence-corrected chi connectivity index (χ1v) is 7.53. The average Bonchev–Trinajstić information content (AvgIpc) is 3.01. The number of benzene rings is 1. The number of likely N-dealkylation sites (tertiary alicyclic amines) is 1. The van der Waals surface area contributed by atoms with Crippen LogP contribution in [-0.4, -0.2) is 42.4 Å². The Hall–Kier alpha value is -1.88. The molecule has 5 heteroatoms. The number of nitrogens with one attached hydrogen (secondary N) is 1. The van der Waals surface area contributed by atoms with E-state index in [0.29, 0.717) is 13.0 Å². The summed E-state index contributed by atoms with van der Waals surface area (Å²) in [6, 6.07) is 9.26. The number of nitrogens with two attached hydrogens (primary N) is 1. The zero-order valence-electron chi connectivity index (χ0n) is 12.3. The Morgan fingerprint density at radius 3 is 2.48 bits per heavy atom. The molecule has 1 aliphatic heterocycles. The summed E-state index contributed by atoms with van der Waals surface area (Å²) in [6.07, 6.45) is 2.85. The fourth-order valence-electron chi connectivity index (χ4n) is 2.61. The van der Waals surface area contributed by atoms with Crippen LogP contribution in [0.1, 0.15) is 24.8 Å². The van der Waals surface area contributed by atoms with Crippen molar-refractivity contribution in [2.75, 3.05) is 19.6 Å². The molecule has 1 aliphatic rings. The Labute approximate surface area is 125 Å². The van der Waals surface area contributed by atoms with Crippen molar-refractivity contribution in [2.45, 2.75) is 31.7 Å². The summed E-state index contributed by atoms with van der Waals surface area (Å²) in [5.41, 5.74) is 6.44. The molecule has 3 N–H and O–H groups in total. The standard InChI is InChI=1S/C16H23N3O2/c17-9-8-15(20)18-14(12-13-6-2-1-3-7-13)16(21)19-10-4-5-11-19/h1-3,6-7,14H,4-5,8-12,17H2,(H,18,20). The van der Waals surface area contributed by atoms with Crippen molar-refractivity contribution in [1.82, 2.24) is 10.2 Å². The topological polar surface area (TPSA) is 75.4 Å². The van der Waals surface area contributed by atoms with Crippen LogP contribution >= 0.6 is 0 Å². The highest BCUT2D eigenvalue weighted by molar-refractivity contribution is 5.88. The fourth-order valence-corrected chi connectivity index (χ4v) is 2.61. The highest BCUT2D eigenvalue weighted by atomic mass is 16.2. The molecule has 0 spiro atoms. The van der Waals surface area contributed by atoms with Crippen molar-refractivity contribution >= 4 is 11.8 Å².